The Hall–Kier alpha value is -0.430. The van der Waals surface area contributed by atoms with Crippen LogP contribution in [0.25, 0.3) is 0 Å². The SMILES string of the molecule is CNCc1sccc1S(=O)(=O)N1CCC(C(C)C)CC1. The zero-order valence-corrected chi connectivity index (χ0v) is 14.1. The van der Waals surface area contributed by atoms with Crippen molar-refractivity contribution >= 4 is 21.4 Å². The number of nitrogens with one attached hydrogen (secondary N) is 1. The summed E-state index contributed by atoms with van der Waals surface area (Å²) in [6, 6.07) is 1.74. The number of thiophene rings is 1. The normalized spacial score (nSPS) is 18.8. The molecule has 0 saturated carbocycles. The van der Waals surface area contributed by atoms with Crippen LogP contribution in [0.4, 0.5) is 0 Å². The van der Waals surface area contributed by atoms with Crippen LogP contribution in [0.5, 0.6) is 0 Å². The summed E-state index contributed by atoms with van der Waals surface area (Å²) in [6.07, 6.45) is 1.95. The topological polar surface area (TPSA) is 49.4 Å². The number of rotatable bonds is 5. The number of nitrogens with zero attached hydrogens (tertiary/aromatic N) is 1. The first-order valence-corrected chi connectivity index (χ1v) is 9.50. The van der Waals surface area contributed by atoms with Crippen molar-refractivity contribution in [3.63, 3.8) is 0 Å². The first kappa shape index (κ1) is 15.9. The molecule has 1 fully saturated rings. The molecule has 0 unspecified atom stereocenters. The van der Waals surface area contributed by atoms with E-state index in [9.17, 15) is 8.42 Å². The van der Waals surface area contributed by atoms with Crippen LogP contribution in [-0.2, 0) is 16.6 Å². The standard InChI is InChI=1S/C14H24N2O2S2/c1-11(2)12-4-7-16(8-5-12)20(17,18)14-6-9-19-13(14)10-15-3/h6,9,11-12,15H,4-5,7-8,10H2,1-3H3. The van der Waals surface area contributed by atoms with Crippen molar-refractivity contribution in [1.29, 1.82) is 0 Å². The molecule has 0 radical (unpaired) electrons. The van der Waals surface area contributed by atoms with Crippen molar-refractivity contribution in [2.45, 2.75) is 38.1 Å². The first-order valence-electron chi connectivity index (χ1n) is 7.18. The third kappa shape index (κ3) is 3.24. The molecule has 1 saturated heterocycles. The second-order valence-electron chi connectivity index (χ2n) is 5.72. The molecule has 0 spiro atoms. The smallest absolute Gasteiger partial charge is 0.244 e. The van der Waals surface area contributed by atoms with Crippen molar-refractivity contribution in [2.24, 2.45) is 11.8 Å². The van der Waals surface area contributed by atoms with E-state index in [4.69, 9.17) is 0 Å². The average molecular weight is 316 g/mol. The van der Waals surface area contributed by atoms with Crippen LogP contribution in [0.2, 0.25) is 0 Å². The van der Waals surface area contributed by atoms with Crippen LogP contribution < -0.4 is 5.32 Å². The number of hydrogen-bond donors (Lipinski definition) is 1. The number of piperidine rings is 1. The van der Waals surface area contributed by atoms with Gasteiger partial charge in [0, 0.05) is 24.5 Å². The predicted octanol–water partition coefficient (Wildman–Crippen LogP) is 2.52. The van der Waals surface area contributed by atoms with Gasteiger partial charge in [-0.1, -0.05) is 13.8 Å². The summed E-state index contributed by atoms with van der Waals surface area (Å²) in [5, 5.41) is 4.90. The van der Waals surface area contributed by atoms with E-state index in [-0.39, 0.29) is 0 Å². The Labute approximate surface area is 126 Å². The maximum absolute atomic E-state index is 12.7. The Morgan fingerprint density at radius 2 is 2.05 bits per heavy atom. The lowest BCUT2D eigenvalue weighted by atomic mass is 9.87. The molecule has 0 amide bonds. The molecular weight excluding hydrogens is 292 g/mol. The lowest BCUT2D eigenvalue weighted by molar-refractivity contribution is 0.226. The fourth-order valence-electron chi connectivity index (χ4n) is 2.77. The van der Waals surface area contributed by atoms with Crippen LogP contribution in [0.1, 0.15) is 31.6 Å². The lowest BCUT2D eigenvalue weighted by Crippen LogP contribution is -2.39. The van der Waals surface area contributed by atoms with Gasteiger partial charge in [0.15, 0.2) is 0 Å². The fraction of sp³-hybridized carbons (Fsp3) is 0.714. The van der Waals surface area contributed by atoms with Gasteiger partial charge in [0.1, 0.15) is 0 Å². The van der Waals surface area contributed by atoms with Gasteiger partial charge < -0.3 is 5.32 Å². The van der Waals surface area contributed by atoms with Crippen LogP contribution in [-0.4, -0.2) is 32.9 Å². The average Bonchev–Trinajstić information content (AvgIpc) is 2.88. The molecule has 1 aliphatic heterocycles. The molecule has 2 heterocycles. The van der Waals surface area contributed by atoms with Gasteiger partial charge in [-0.05, 0) is 43.2 Å². The van der Waals surface area contributed by atoms with Gasteiger partial charge in [-0.3, -0.25) is 0 Å². The molecule has 6 heteroatoms. The molecular formula is C14H24N2O2S2. The minimum absolute atomic E-state index is 0.486. The van der Waals surface area contributed by atoms with Crippen LogP contribution in [0.15, 0.2) is 16.3 Å². The molecule has 114 valence electrons. The van der Waals surface area contributed by atoms with E-state index >= 15 is 0 Å². The molecule has 2 rings (SSSR count). The summed E-state index contributed by atoms with van der Waals surface area (Å²) in [5.74, 6) is 1.29. The Kier molecular flexibility index (Phi) is 5.23. The molecule has 1 N–H and O–H groups in total. The van der Waals surface area contributed by atoms with Gasteiger partial charge in [-0.2, -0.15) is 4.31 Å². The second-order valence-corrected chi connectivity index (χ2v) is 8.63. The Morgan fingerprint density at radius 3 is 2.60 bits per heavy atom. The third-order valence-electron chi connectivity index (χ3n) is 4.10. The molecule has 1 aliphatic rings. The summed E-state index contributed by atoms with van der Waals surface area (Å²) in [7, 11) is -1.48. The van der Waals surface area contributed by atoms with Gasteiger partial charge >= 0.3 is 0 Å². The maximum atomic E-state index is 12.7. The highest BCUT2D eigenvalue weighted by atomic mass is 32.2. The highest BCUT2D eigenvalue weighted by Crippen LogP contribution is 2.30. The highest BCUT2D eigenvalue weighted by molar-refractivity contribution is 7.89. The van der Waals surface area contributed by atoms with Gasteiger partial charge in [-0.15, -0.1) is 11.3 Å². The summed E-state index contributed by atoms with van der Waals surface area (Å²) in [5.41, 5.74) is 0. The third-order valence-corrected chi connectivity index (χ3v) is 7.13. The Bertz CT molecular complexity index is 529. The molecule has 0 aromatic carbocycles. The molecule has 0 bridgehead atoms. The van der Waals surface area contributed by atoms with Gasteiger partial charge in [0.05, 0.1) is 4.90 Å². The van der Waals surface area contributed by atoms with Crippen molar-refractivity contribution in [3.8, 4) is 0 Å². The van der Waals surface area contributed by atoms with E-state index in [2.05, 4.69) is 19.2 Å². The number of hydrogen-bond acceptors (Lipinski definition) is 4. The Balaban J connectivity index is 2.13. The van der Waals surface area contributed by atoms with E-state index in [1.807, 2.05) is 12.4 Å². The van der Waals surface area contributed by atoms with E-state index in [0.29, 0.717) is 36.4 Å². The van der Waals surface area contributed by atoms with Crippen LogP contribution in [0.3, 0.4) is 0 Å². The molecule has 0 aliphatic carbocycles. The number of sulfonamides is 1. The molecule has 20 heavy (non-hydrogen) atoms. The predicted molar refractivity (Wildman–Crippen MR) is 83.4 cm³/mol. The van der Waals surface area contributed by atoms with Crippen LogP contribution in [0, 0.1) is 11.8 Å². The van der Waals surface area contributed by atoms with E-state index < -0.39 is 10.0 Å². The summed E-state index contributed by atoms with van der Waals surface area (Å²) in [6.45, 7) is 6.35. The van der Waals surface area contributed by atoms with Gasteiger partial charge in [-0.25, -0.2) is 8.42 Å². The Morgan fingerprint density at radius 1 is 1.40 bits per heavy atom. The molecule has 1 aromatic heterocycles. The highest BCUT2D eigenvalue weighted by Gasteiger charge is 2.31. The lowest BCUT2D eigenvalue weighted by Gasteiger charge is -2.33. The maximum Gasteiger partial charge on any atom is 0.244 e. The second kappa shape index (κ2) is 6.56. The molecule has 0 atom stereocenters. The molecule has 4 nitrogen and oxygen atoms in total. The van der Waals surface area contributed by atoms with Crippen molar-refractivity contribution < 1.29 is 8.42 Å². The van der Waals surface area contributed by atoms with Crippen molar-refractivity contribution in [1.82, 2.24) is 9.62 Å². The fourth-order valence-corrected chi connectivity index (χ4v) is 5.67. The van der Waals surface area contributed by atoms with Gasteiger partial charge in [0.2, 0.25) is 10.0 Å². The zero-order valence-electron chi connectivity index (χ0n) is 12.4. The molecule has 1 aromatic rings. The minimum atomic E-state index is -3.32. The van der Waals surface area contributed by atoms with E-state index in [1.54, 1.807) is 10.4 Å². The van der Waals surface area contributed by atoms with Crippen molar-refractivity contribution in [2.75, 3.05) is 20.1 Å². The van der Waals surface area contributed by atoms with Crippen LogP contribution >= 0.6 is 11.3 Å². The minimum Gasteiger partial charge on any atom is -0.315 e. The summed E-state index contributed by atoms with van der Waals surface area (Å²) < 4.78 is 27.1. The summed E-state index contributed by atoms with van der Waals surface area (Å²) in [4.78, 5) is 1.39. The summed E-state index contributed by atoms with van der Waals surface area (Å²) >= 11 is 1.50. The monoisotopic (exact) mass is 316 g/mol. The van der Waals surface area contributed by atoms with Crippen molar-refractivity contribution in [3.05, 3.63) is 16.3 Å². The van der Waals surface area contributed by atoms with E-state index in [1.165, 1.54) is 11.3 Å². The van der Waals surface area contributed by atoms with E-state index in [0.717, 1.165) is 17.7 Å². The zero-order chi connectivity index (χ0) is 14.8. The first-order chi connectivity index (χ1) is 9.46. The quantitative estimate of drug-likeness (QED) is 0.908. The largest absolute Gasteiger partial charge is 0.315 e. The van der Waals surface area contributed by atoms with Gasteiger partial charge in [0.25, 0.3) is 0 Å².